The summed E-state index contributed by atoms with van der Waals surface area (Å²) in [6.45, 7) is 2.07. The minimum absolute atomic E-state index is 0.0303. The van der Waals surface area contributed by atoms with E-state index < -0.39 is 5.82 Å². The summed E-state index contributed by atoms with van der Waals surface area (Å²) in [5.41, 5.74) is 1.37. The second-order valence-corrected chi connectivity index (χ2v) is 4.44. The third-order valence-electron chi connectivity index (χ3n) is 3.13. The SMILES string of the molecule is COc1nc(N[C@@H](C)C2=CCCCC2)ncc1F. The summed E-state index contributed by atoms with van der Waals surface area (Å²) >= 11 is 0. The van der Waals surface area contributed by atoms with Crippen LogP contribution in [0.5, 0.6) is 5.88 Å². The number of nitrogens with one attached hydrogen (secondary N) is 1. The minimum Gasteiger partial charge on any atom is -0.479 e. The number of anilines is 1. The number of hydrogen-bond donors (Lipinski definition) is 1. The summed E-state index contributed by atoms with van der Waals surface area (Å²) in [5.74, 6) is -0.183. The number of halogens is 1. The van der Waals surface area contributed by atoms with E-state index >= 15 is 0 Å². The zero-order valence-corrected chi connectivity index (χ0v) is 10.7. The maximum atomic E-state index is 13.2. The molecule has 0 saturated heterocycles. The molecule has 5 heteroatoms. The first-order valence-corrected chi connectivity index (χ1v) is 6.22. The van der Waals surface area contributed by atoms with Gasteiger partial charge in [0, 0.05) is 6.04 Å². The Morgan fingerprint density at radius 3 is 2.94 bits per heavy atom. The lowest BCUT2D eigenvalue weighted by atomic mass is 9.95. The van der Waals surface area contributed by atoms with Gasteiger partial charge in [-0.1, -0.05) is 11.6 Å². The minimum atomic E-state index is -0.549. The standard InChI is InChI=1S/C13H18FN3O/c1-9(10-6-4-3-5-7-10)16-13-15-8-11(14)12(17-13)18-2/h6,8-9H,3-5,7H2,1-2H3,(H,15,16,17)/t9-/m0/s1. The Morgan fingerprint density at radius 1 is 1.44 bits per heavy atom. The fourth-order valence-corrected chi connectivity index (χ4v) is 2.11. The van der Waals surface area contributed by atoms with E-state index in [1.165, 1.54) is 25.5 Å². The van der Waals surface area contributed by atoms with Crippen LogP contribution >= 0.6 is 0 Å². The third-order valence-corrected chi connectivity index (χ3v) is 3.13. The van der Waals surface area contributed by atoms with Crippen LogP contribution in [0.15, 0.2) is 17.8 Å². The lowest BCUT2D eigenvalue weighted by molar-refractivity contribution is 0.367. The summed E-state index contributed by atoms with van der Waals surface area (Å²) in [6, 6.07) is 0.167. The molecule has 1 aliphatic rings. The van der Waals surface area contributed by atoms with Crippen LogP contribution in [0, 0.1) is 5.82 Å². The molecule has 0 bridgehead atoms. The van der Waals surface area contributed by atoms with Gasteiger partial charge >= 0.3 is 0 Å². The highest BCUT2D eigenvalue weighted by Crippen LogP contribution is 2.22. The molecule has 1 aliphatic carbocycles. The molecule has 1 aromatic heterocycles. The lowest BCUT2D eigenvalue weighted by Gasteiger charge is -2.20. The van der Waals surface area contributed by atoms with Crippen molar-refractivity contribution in [1.82, 2.24) is 9.97 Å². The van der Waals surface area contributed by atoms with E-state index in [0.717, 1.165) is 19.0 Å². The summed E-state index contributed by atoms with van der Waals surface area (Å²) in [6.07, 6.45) is 8.11. The van der Waals surface area contributed by atoms with Crippen molar-refractivity contribution in [2.45, 2.75) is 38.6 Å². The predicted molar refractivity (Wildman–Crippen MR) is 68.2 cm³/mol. The van der Waals surface area contributed by atoms with Gasteiger partial charge in [0.15, 0.2) is 0 Å². The van der Waals surface area contributed by atoms with Gasteiger partial charge in [-0.25, -0.2) is 4.98 Å². The van der Waals surface area contributed by atoms with E-state index in [1.807, 2.05) is 0 Å². The van der Waals surface area contributed by atoms with Gasteiger partial charge in [-0.15, -0.1) is 0 Å². The Kier molecular flexibility index (Phi) is 4.12. The molecule has 1 aromatic rings. The van der Waals surface area contributed by atoms with Crippen molar-refractivity contribution in [3.05, 3.63) is 23.7 Å². The molecule has 1 atom stereocenters. The Morgan fingerprint density at radius 2 is 2.28 bits per heavy atom. The monoisotopic (exact) mass is 251 g/mol. The van der Waals surface area contributed by atoms with Gasteiger partial charge in [0.2, 0.25) is 11.8 Å². The smallest absolute Gasteiger partial charge is 0.255 e. The predicted octanol–water partition coefficient (Wildman–Crippen LogP) is 2.93. The number of nitrogens with zero attached hydrogens (tertiary/aromatic N) is 2. The molecule has 0 fully saturated rings. The zero-order chi connectivity index (χ0) is 13.0. The van der Waals surface area contributed by atoms with E-state index in [9.17, 15) is 4.39 Å². The molecule has 18 heavy (non-hydrogen) atoms. The molecular formula is C13H18FN3O. The maximum absolute atomic E-state index is 13.2. The zero-order valence-electron chi connectivity index (χ0n) is 10.7. The van der Waals surface area contributed by atoms with E-state index in [4.69, 9.17) is 4.74 Å². The van der Waals surface area contributed by atoms with Gasteiger partial charge in [0.05, 0.1) is 13.3 Å². The molecule has 0 spiro atoms. The molecule has 98 valence electrons. The molecular weight excluding hydrogens is 233 g/mol. The van der Waals surface area contributed by atoms with E-state index in [-0.39, 0.29) is 11.9 Å². The lowest BCUT2D eigenvalue weighted by Crippen LogP contribution is -2.21. The topological polar surface area (TPSA) is 47.0 Å². The highest BCUT2D eigenvalue weighted by atomic mass is 19.1. The van der Waals surface area contributed by atoms with E-state index in [0.29, 0.717) is 5.95 Å². The van der Waals surface area contributed by atoms with Crippen LogP contribution in [-0.4, -0.2) is 23.1 Å². The normalized spacial score (nSPS) is 16.9. The van der Waals surface area contributed by atoms with Crippen molar-refractivity contribution >= 4 is 5.95 Å². The van der Waals surface area contributed by atoms with Crippen molar-refractivity contribution in [1.29, 1.82) is 0 Å². The van der Waals surface area contributed by atoms with Gasteiger partial charge in [-0.3, -0.25) is 0 Å². The molecule has 0 saturated carbocycles. The molecule has 1 N–H and O–H groups in total. The summed E-state index contributed by atoms with van der Waals surface area (Å²) in [4.78, 5) is 7.90. The number of ether oxygens (including phenoxy) is 1. The molecule has 0 radical (unpaired) electrons. The quantitative estimate of drug-likeness (QED) is 0.836. The number of aromatic nitrogens is 2. The number of hydrogen-bond acceptors (Lipinski definition) is 4. The molecule has 1 heterocycles. The van der Waals surface area contributed by atoms with Crippen LogP contribution in [-0.2, 0) is 0 Å². The first-order chi connectivity index (χ1) is 8.70. The molecule has 2 rings (SSSR count). The van der Waals surface area contributed by atoms with Crippen molar-refractivity contribution in [2.24, 2.45) is 0 Å². The van der Waals surface area contributed by atoms with Crippen LogP contribution in [0.3, 0.4) is 0 Å². The average molecular weight is 251 g/mol. The largest absolute Gasteiger partial charge is 0.479 e. The fourth-order valence-electron chi connectivity index (χ4n) is 2.11. The van der Waals surface area contributed by atoms with Gasteiger partial charge in [-0.05, 0) is 32.6 Å². The van der Waals surface area contributed by atoms with Gasteiger partial charge in [0.1, 0.15) is 0 Å². The number of methoxy groups -OCH3 is 1. The van der Waals surface area contributed by atoms with Crippen LogP contribution in [0.25, 0.3) is 0 Å². The second-order valence-electron chi connectivity index (χ2n) is 4.44. The Balaban J connectivity index is 2.06. The highest BCUT2D eigenvalue weighted by molar-refractivity contribution is 5.33. The average Bonchev–Trinajstić information content (AvgIpc) is 2.42. The van der Waals surface area contributed by atoms with Gasteiger partial charge in [-0.2, -0.15) is 9.37 Å². The molecule has 0 aromatic carbocycles. The first-order valence-electron chi connectivity index (χ1n) is 6.22. The van der Waals surface area contributed by atoms with E-state index in [2.05, 4.69) is 28.3 Å². The second kappa shape index (κ2) is 5.80. The Labute approximate surface area is 106 Å². The molecule has 4 nitrogen and oxygen atoms in total. The fraction of sp³-hybridized carbons (Fsp3) is 0.538. The van der Waals surface area contributed by atoms with Crippen molar-refractivity contribution in [2.75, 3.05) is 12.4 Å². The first kappa shape index (κ1) is 12.8. The Hall–Kier alpha value is -1.65. The number of allylic oxidation sites excluding steroid dienone is 1. The van der Waals surface area contributed by atoms with Gasteiger partial charge in [0.25, 0.3) is 5.88 Å². The number of rotatable bonds is 4. The Bertz CT molecular complexity index is 448. The highest BCUT2D eigenvalue weighted by Gasteiger charge is 2.14. The van der Waals surface area contributed by atoms with Crippen molar-refractivity contribution < 1.29 is 9.13 Å². The molecule has 0 unspecified atom stereocenters. The molecule has 0 aliphatic heterocycles. The van der Waals surface area contributed by atoms with Gasteiger partial charge < -0.3 is 10.1 Å². The van der Waals surface area contributed by atoms with Crippen molar-refractivity contribution in [3.8, 4) is 5.88 Å². The van der Waals surface area contributed by atoms with Crippen LogP contribution < -0.4 is 10.1 Å². The van der Waals surface area contributed by atoms with Crippen LogP contribution in [0.2, 0.25) is 0 Å². The summed E-state index contributed by atoms with van der Waals surface area (Å²) in [5, 5.41) is 3.18. The van der Waals surface area contributed by atoms with E-state index in [1.54, 1.807) is 0 Å². The third kappa shape index (κ3) is 2.97. The maximum Gasteiger partial charge on any atom is 0.255 e. The van der Waals surface area contributed by atoms with Crippen LogP contribution in [0.4, 0.5) is 10.3 Å². The van der Waals surface area contributed by atoms with Crippen molar-refractivity contribution in [3.63, 3.8) is 0 Å². The summed E-state index contributed by atoms with van der Waals surface area (Å²) < 4.78 is 18.0. The molecule has 0 amide bonds. The summed E-state index contributed by atoms with van der Waals surface area (Å²) in [7, 11) is 1.39. The van der Waals surface area contributed by atoms with Crippen LogP contribution in [0.1, 0.15) is 32.6 Å².